The van der Waals surface area contributed by atoms with Crippen LogP contribution in [0, 0.1) is 0 Å². The number of hydrogen-bond donors (Lipinski definition) is 0. The highest BCUT2D eigenvalue weighted by Crippen LogP contribution is 2.51. The maximum atomic E-state index is 13.0. The number of hydrogen-bond acceptors (Lipinski definition) is 1. The van der Waals surface area contributed by atoms with Crippen molar-refractivity contribution in [2.45, 2.75) is 36.7 Å². The molecule has 0 amide bonds. The normalized spacial score (nSPS) is 17.3. The number of halogens is 5. The van der Waals surface area contributed by atoms with Crippen molar-refractivity contribution in [1.82, 2.24) is 0 Å². The van der Waals surface area contributed by atoms with Gasteiger partial charge in [0, 0.05) is 0 Å². The molecule has 2 aromatic carbocycles. The van der Waals surface area contributed by atoms with Crippen LogP contribution in [-0.2, 0) is 11.0 Å². The molecule has 154 valence electrons. The zero-order valence-electron chi connectivity index (χ0n) is 16.5. The summed E-state index contributed by atoms with van der Waals surface area (Å²) in [5.74, 6) is -0.274. The molecule has 1 aliphatic carbocycles. The number of carbonyl (C=O) groups excluding carboxylic acids is 1. The molecule has 29 heavy (non-hydrogen) atoms. The summed E-state index contributed by atoms with van der Waals surface area (Å²) >= 11 is 13.0. The topological polar surface area (TPSA) is 17.1 Å². The Balaban J connectivity index is 2.15. The van der Waals surface area contributed by atoms with Crippen molar-refractivity contribution in [2.24, 2.45) is 0 Å². The van der Waals surface area contributed by atoms with E-state index in [9.17, 15) is 18.0 Å². The second-order valence-corrected chi connectivity index (χ2v) is 18.3. The first-order valence-corrected chi connectivity index (χ1v) is 15.9. The highest BCUT2D eigenvalue weighted by atomic mass is 35.5. The van der Waals surface area contributed by atoms with Crippen molar-refractivity contribution in [2.75, 3.05) is 0 Å². The Bertz CT molecular complexity index is 979. The average molecular weight is 473 g/mol. The van der Waals surface area contributed by atoms with Crippen LogP contribution in [0.2, 0.25) is 26.2 Å². The van der Waals surface area contributed by atoms with Crippen molar-refractivity contribution in [1.29, 1.82) is 0 Å². The van der Waals surface area contributed by atoms with Gasteiger partial charge in [0.1, 0.15) is 16.1 Å². The highest BCUT2D eigenvalue weighted by molar-refractivity contribution is 7.08. The van der Waals surface area contributed by atoms with E-state index in [0.29, 0.717) is 5.20 Å². The minimum Gasteiger partial charge on any atom is -0.291 e. The molecule has 0 N–H and O–H groups in total. The van der Waals surface area contributed by atoms with Gasteiger partial charge in [-0.15, -0.1) is 0 Å². The summed E-state index contributed by atoms with van der Waals surface area (Å²) in [5.41, 5.74) is -0.702. The van der Waals surface area contributed by atoms with Gasteiger partial charge in [0.25, 0.3) is 0 Å². The van der Waals surface area contributed by atoms with E-state index in [2.05, 4.69) is 13.1 Å². The lowest BCUT2D eigenvalue weighted by atomic mass is 10.1. The number of allylic oxidation sites excluding steroid dienone is 2. The summed E-state index contributed by atoms with van der Waals surface area (Å²) in [5, 5.41) is 3.26. The van der Waals surface area contributed by atoms with Gasteiger partial charge in [-0.1, -0.05) is 114 Å². The Morgan fingerprint density at radius 3 is 1.76 bits per heavy atom. The number of alkyl halides is 5. The summed E-state index contributed by atoms with van der Waals surface area (Å²) < 4.78 is 37.2. The molecule has 0 heterocycles. The second kappa shape index (κ2) is 7.11. The summed E-state index contributed by atoms with van der Waals surface area (Å²) in [6.07, 6.45) is -4.40. The van der Waals surface area contributed by atoms with Gasteiger partial charge < -0.3 is 0 Å². The standard InChI is InChI=1S/C21H21Cl2F3OSi2/c1-28(2,15-8-6-5-7-9-15)17-18(27)20(22,23)19(17)29(3,4)16-12-10-14(11-13-16)21(24,25)26/h5-13H,1-4H3. The third-order valence-electron chi connectivity index (χ3n) is 5.76. The monoisotopic (exact) mass is 472 g/mol. The van der Waals surface area contributed by atoms with E-state index in [1.54, 1.807) is 0 Å². The predicted octanol–water partition coefficient (Wildman–Crippen LogP) is 5.37. The van der Waals surface area contributed by atoms with Crippen LogP contribution in [0.4, 0.5) is 13.2 Å². The fraction of sp³-hybridized carbons (Fsp3) is 0.286. The molecule has 0 bridgehead atoms. The van der Waals surface area contributed by atoms with E-state index >= 15 is 0 Å². The van der Waals surface area contributed by atoms with Crippen LogP contribution >= 0.6 is 23.2 Å². The first-order valence-electron chi connectivity index (χ1n) is 9.13. The quantitative estimate of drug-likeness (QED) is 0.431. The van der Waals surface area contributed by atoms with Crippen LogP contribution in [0.3, 0.4) is 0 Å². The predicted molar refractivity (Wildman–Crippen MR) is 119 cm³/mol. The Morgan fingerprint density at radius 2 is 1.28 bits per heavy atom. The largest absolute Gasteiger partial charge is 0.416 e. The molecule has 0 radical (unpaired) electrons. The summed E-state index contributed by atoms with van der Waals surface area (Å²) in [6, 6.07) is 14.9. The Kier molecular flexibility index (Phi) is 5.48. The lowest BCUT2D eigenvalue weighted by Gasteiger charge is -2.47. The van der Waals surface area contributed by atoms with E-state index in [-0.39, 0.29) is 5.78 Å². The minimum atomic E-state index is -4.40. The number of rotatable bonds is 4. The van der Waals surface area contributed by atoms with Crippen molar-refractivity contribution in [3.8, 4) is 0 Å². The molecule has 0 unspecified atom stereocenters. The van der Waals surface area contributed by atoms with Crippen LogP contribution in [0.15, 0.2) is 65.0 Å². The molecule has 0 aliphatic heterocycles. The fourth-order valence-corrected chi connectivity index (χ4v) is 13.8. The second-order valence-electron chi connectivity index (χ2n) is 8.34. The molecule has 0 aromatic heterocycles. The maximum absolute atomic E-state index is 13.0. The maximum Gasteiger partial charge on any atom is 0.416 e. The first-order chi connectivity index (χ1) is 13.2. The zero-order chi connectivity index (χ0) is 21.8. The molecule has 1 nitrogen and oxygen atoms in total. The van der Waals surface area contributed by atoms with E-state index in [0.717, 1.165) is 27.7 Å². The van der Waals surface area contributed by atoms with Gasteiger partial charge in [-0.05, 0) is 10.4 Å². The third-order valence-corrected chi connectivity index (χ3v) is 14.2. The van der Waals surface area contributed by atoms with Crippen molar-refractivity contribution in [3.63, 3.8) is 0 Å². The molecule has 1 aliphatic rings. The SMILES string of the molecule is C[Si](C)(C1=C([Si](C)(C)c2ccc(C(F)(F)F)cc2)C(Cl)(Cl)C1=O)c1ccccc1. The van der Waals surface area contributed by atoms with Crippen LogP contribution in [0.1, 0.15) is 5.56 Å². The zero-order valence-corrected chi connectivity index (χ0v) is 20.0. The fourth-order valence-electron chi connectivity index (χ4n) is 4.00. The summed E-state index contributed by atoms with van der Waals surface area (Å²) in [7, 11) is -4.98. The van der Waals surface area contributed by atoms with Gasteiger partial charge in [-0.3, -0.25) is 4.79 Å². The summed E-state index contributed by atoms with van der Waals surface area (Å²) in [6.45, 7) is 8.12. The van der Waals surface area contributed by atoms with Gasteiger partial charge in [0.2, 0.25) is 0 Å². The van der Waals surface area contributed by atoms with Crippen LogP contribution in [0.5, 0.6) is 0 Å². The van der Waals surface area contributed by atoms with Crippen LogP contribution in [0.25, 0.3) is 0 Å². The molecule has 0 fully saturated rings. The number of carbonyl (C=O) groups is 1. The molecule has 0 spiro atoms. The lowest BCUT2D eigenvalue weighted by molar-refractivity contribution is -0.137. The Hall–Kier alpha value is -1.35. The first kappa shape index (κ1) is 22.3. The van der Waals surface area contributed by atoms with E-state index in [1.807, 2.05) is 43.4 Å². The van der Waals surface area contributed by atoms with Crippen LogP contribution in [-0.4, -0.2) is 26.3 Å². The number of Topliss-reactive ketones (excluding diaryl/α,β-unsaturated/α-hetero) is 1. The van der Waals surface area contributed by atoms with Gasteiger partial charge in [-0.25, -0.2) is 0 Å². The minimum absolute atomic E-state index is 0.274. The molecule has 8 heteroatoms. The molecular weight excluding hydrogens is 452 g/mol. The van der Waals surface area contributed by atoms with Crippen molar-refractivity contribution >= 4 is 55.5 Å². The molecule has 0 saturated heterocycles. The van der Waals surface area contributed by atoms with Gasteiger partial charge >= 0.3 is 6.18 Å². The summed E-state index contributed by atoms with van der Waals surface area (Å²) in [4.78, 5) is 13.0. The Labute approximate surface area is 180 Å². The van der Waals surface area contributed by atoms with E-state index < -0.39 is 32.2 Å². The molecular formula is C21H21Cl2F3OSi2. The van der Waals surface area contributed by atoms with Gasteiger partial charge in [-0.2, -0.15) is 13.2 Å². The van der Waals surface area contributed by atoms with Gasteiger partial charge in [0.15, 0.2) is 10.1 Å². The number of ketones is 1. The molecule has 0 atom stereocenters. The van der Waals surface area contributed by atoms with Gasteiger partial charge in [0.05, 0.1) is 5.56 Å². The average Bonchev–Trinajstić information content (AvgIpc) is 2.65. The smallest absolute Gasteiger partial charge is 0.291 e. The molecule has 3 rings (SSSR count). The van der Waals surface area contributed by atoms with Crippen molar-refractivity contribution < 1.29 is 18.0 Å². The highest BCUT2D eigenvalue weighted by Gasteiger charge is 2.60. The Morgan fingerprint density at radius 1 is 0.793 bits per heavy atom. The van der Waals surface area contributed by atoms with E-state index in [4.69, 9.17) is 23.2 Å². The van der Waals surface area contributed by atoms with E-state index in [1.165, 1.54) is 12.1 Å². The van der Waals surface area contributed by atoms with Crippen molar-refractivity contribution in [3.05, 3.63) is 70.6 Å². The number of benzene rings is 2. The lowest BCUT2D eigenvalue weighted by Crippen LogP contribution is -2.64. The third kappa shape index (κ3) is 3.65. The van der Waals surface area contributed by atoms with Crippen LogP contribution < -0.4 is 10.4 Å². The molecule has 2 aromatic rings. The molecule has 0 saturated carbocycles.